The van der Waals surface area contributed by atoms with Gasteiger partial charge in [0, 0.05) is 6.20 Å². The predicted octanol–water partition coefficient (Wildman–Crippen LogP) is 3.12. The molecule has 2 aromatic carbocycles. The lowest BCUT2D eigenvalue weighted by atomic mass is 10.1. The van der Waals surface area contributed by atoms with E-state index in [1.807, 2.05) is 55.5 Å². The molecule has 0 aliphatic carbocycles. The van der Waals surface area contributed by atoms with Gasteiger partial charge in [0.05, 0.1) is 12.6 Å². The van der Waals surface area contributed by atoms with Gasteiger partial charge in [-0.3, -0.25) is 9.59 Å². The van der Waals surface area contributed by atoms with Crippen LogP contribution in [0.2, 0.25) is 0 Å². The molecule has 6 nitrogen and oxygen atoms in total. The van der Waals surface area contributed by atoms with Crippen LogP contribution >= 0.6 is 0 Å². The molecule has 0 saturated carbocycles. The molecule has 142 valence electrons. The van der Waals surface area contributed by atoms with Crippen molar-refractivity contribution in [2.24, 2.45) is 0 Å². The molecule has 3 aromatic rings. The molecule has 0 fully saturated rings. The lowest BCUT2D eigenvalue weighted by Crippen LogP contribution is -2.34. The number of carbonyl (C=O) groups is 1. The van der Waals surface area contributed by atoms with Gasteiger partial charge in [-0.15, -0.1) is 0 Å². The highest BCUT2D eigenvalue weighted by Gasteiger charge is 2.19. The van der Waals surface area contributed by atoms with Crippen molar-refractivity contribution in [1.82, 2.24) is 9.88 Å². The molecule has 1 aliphatic heterocycles. The van der Waals surface area contributed by atoms with Gasteiger partial charge in [0.1, 0.15) is 5.56 Å². The number of nitrogens with one attached hydrogen (secondary N) is 1. The minimum atomic E-state index is -0.405. The minimum Gasteiger partial charge on any atom is -0.454 e. The molecule has 0 spiro atoms. The van der Waals surface area contributed by atoms with Crippen LogP contribution in [0.1, 0.15) is 34.5 Å². The summed E-state index contributed by atoms with van der Waals surface area (Å²) in [6.07, 6.45) is 1.69. The number of nitrogens with zero attached hydrogens (tertiary/aromatic N) is 1. The van der Waals surface area contributed by atoms with E-state index in [-0.39, 0.29) is 24.0 Å². The summed E-state index contributed by atoms with van der Waals surface area (Å²) < 4.78 is 12.2. The lowest BCUT2D eigenvalue weighted by molar-refractivity contribution is 0.0937. The number of rotatable bonds is 5. The van der Waals surface area contributed by atoms with Gasteiger partial charge in [0.2, 0.25) is 6.79 Å². The Balaban J connectivity index is 1.52. The number of fused-ring (bicyclic) bond motifs is 1. The zero-order valence-corrected chi connectivity index (χ0v) is 15.4. The molecule has 4 rings (SSSR count). The second-order valence-electron chi connectivity index (χ2n) is 6.65. The molecular formula is C22H20N2O4. The largest absolute Gasteiger partial charge is 0.454 e. The van der Waals surface area contributed by atoms with E-state index in [0.717, 1.165) is 11.1 Å². The maximum Gasteiger partial charge on any atom is 0.263 e. The molecule has 1 N–H and O–H groups in total. The Bertz CT molecular complexity index is 1060. The van der Waals surface area contributed by atoms with E-state index in [4.69, 9.17) is 9.47 Å². The van der Waals surface area contributed by atoms with Crippen molar-refractivity contribution < 1.29 is 14.3 Å². The topological polar surface area (TPSA) is 69.6 Å². The first kappa shape index (κ1) is 17.9. The molecule has 0 saturated heterocycles. The van der Waals surface area contributed by atoms with Gasteiger partial charge in [-0.1, -0.05) is 36.4 Å². The van der Waals surface area contributed by atoms with Crippen molar-refractivity contribution in [1.29, 1.82) is 0 Å². The third-order valence-corrected chi connectivity index (χ3v) is 4.70. The molecule has 1 atom stereocenters. The average Bonchev–Trinajstić information content (AvgIpc) is 3.18. The molecule has 1 aromatic heterocycles. The van der Waals surface area contributed by atoms with Crippen molar-refractivity contribution in [2.45, 2.75) is 19.5 Å². The molecule has 1 amide bonds. The van der Waals surface area contributed by atoms with Crippen LogP contribution in [-0.2, 0) is 6.54 Å². The fourth-order valence-corrected chi connectivity index (χ4v) is 3.15. The Morgan fingerprint density at radius 1 is 1.07 bits per heavy atom. The maximum absolute atomic E-state index is 12.8. The van der Waals surface area contributed by atoms with Crippen LogP contribution in [0.15, 0.2) is 71.7 Å². The number of ether oxygens (including phenoxy) is 2. The Labute approximate surface area is 162 Å². The molecule has 2 heterocycles. The highest BCUT2D eigenvalue weighted by molar-refractivity contribution is 5.94. The normalized spacial score (nSPS) is 13.2. The van der Waals surface area contributed by atoms with Crippen LogP contribution in [0.3, 0.4) is 0 Å². The van der Waals surface area contributed by atoms with E-state index >= 15 is 0 Å². The van der Waals surface area contributed by atoms with Gasteiger partial charge in [-0.25, -0.2) is 0 Å². The van der Waals surface area contributed by atoms with Crippen molar-refractivity contribution in [3.05, 3.63) is 93.9 Å². The summed E-state index contributed by atoms with van der Waals surface area (Å²) in [7, 11) is 0. The molecular weight excluding hydrogens is 356 g/mol. The van der Waals surface area contributed by atoms with Gasteiger partial charge in [-0.05, 0) is 42.3 Å². The first-order valence-electron chi connectivity index (χ1n) is 9.05. The summed E-state index contributed by atoms with van der Waals surface area (Å²) in [4.78, 5) is 25.5. The predicted molar refractivity (Wildman–Crippen MR) is 105 cm³/mol. The Kier molecular flexibility index (Phi) is 4.85. The van der Waals surface area contributed by atoms with E-state index in [9.17, 15) is 9.59 Å². The van der Waals surface area contributed by atoms with Gasteiger partial charge in [0.15, 0.2) is 11.5 Å². The van der Waals surface area contributed by atoms with Gasteiger partial charge < -0.3 is 19.4 Å². The molecule has 1 unspecified atom stereocenters. The number of benzene rings is 2. The Hall–Kier alpha value is -3.54. The zero-order chi connectivity index (χ0) is 19.5. The number of hydrogen-bond acceptors (Lipinski definition) is 4. The van der Waals surface area contributed by atoms with E-state index in [0.29, 0.717) is 18.0 Å². The number of carbonyl (C=O) groups excluding carboxylic acids is 1. The van der Waals surface area contributed by atoms with Crippen LogP contribution in [0.5, 0.6) is 11.5 Å². The van der Waals surface area contributed by atoms with E-state index in [1.165, 1.54) is 4.57 Å². The third kappa shape index (κ3) is 3.62. The Morgan fingerprint density at radius 3 is 2.68 bits per heavy atom. The maximum atomic E-state index is 12.8. The van der Waals surface area contributed by atoms with Gasteiger partial charge >= 0.3 is 0 Å². The second-order valence-corrected chi connectivity index (χ2v) is 6.65. The van der Waals surface area contributed by atoms with Crippen LogP contribution in [0, 0.1) is 0 Å². The van der Waals surface area contributed by atoms with Crippen molar-refractivity contribution in [3.63, 3.8) is 0 Å². The smallest absolute Gasteiger partial charge is 0.263 e. The summed E-state index contributed by atoms with van der Waals surface area (Å²) in [6.45, 7) is 2.48. The van der Waals surface area contributed by atoms with E-state index < -0.39 is 5.91 Å². The standard InChI is InChI=1S/C22H20N2O4/c1-15(17-9-10-19-20(12-17)28-14-27-19)23-21(25)18-8-5-11-24(22(18)26)13-16-6-3-2-4-7-16/h2-12,15H,13-14H2,1H3,(H,23,25). The third-order valence-electron chi connectivity index (χ3n) is 4.70. The lowest BCUT2D eigenvalue weighted by Gasteiger charge is -2.15. The highest BCUT2D eigenvalue weighted by Crippen LogP contribution is 2.34. The van der Waals surface area contributed by atoms with Gasteiger partial charge in [0.25, 0.3) is 11.5 Å². The zero-order valence-electron chi connectivity index (χ0n) is 15.4. The first-order valence-corrected chi connectivity index (χ1v) is 9.05. The van der Waals surface area contributed by atoms with Crippen LogP contribution in [0.4, 0.5) is 0 Å². The number of amides is 1. The molecule has 28 heavy (non-hydrogen) atoms. The molecule has 0 radical (unpaired) electrons. The summed E-state index contributed by atoms with van der Waals surface area (Å²) in [5.74, 6) is 0.940. The van der Waals surface area contributed by atoms with Gasteiger partial charge in [-0.2, -0.15) is 0 Å². The van der Waals surface area contributed by atoms with E-state index in [1.54, 1.807) is 18.3 Å². The monoisotopic (exact) mass is 376 g/mol. The van der Waals surface area contributed by atoms with Crippen molar-refractivity contribution in [3.8, 4) is 11.5 Å². The quantitative estimate of drug-likeness (QED) is 0.743. The van der Waals surface area contributed by atoms with E-state index in [2.05, 4.69) is 5.32 Å². The first-order chi connectivity index (χ1) is 13.6. The van der Waals surface area contributed by atoms with Crippen molar-refractivity contribution >= 4 is 5.91 Å². The van der Waals surface area contributed by atoms with Crippen LogP contribution in [0.25, 0.3) is 0 Å². The van der Waals surface area contributed by atoms with Crippen molar-refractivity contribution in [2.75, 3.05) is 6.79 Å². The van der Waals surface area contributed by atoms with Crippen LogP contribution < -0.4 is 20.3 Å². The fourth-order valence-electron chi connectivity index (χ4n) is 3.15. The minimum absolute atomic E-state index is 0.117. The SMILES string of the molecule is CC(NC(=O)c1cccn(Cc2ccccc2)c1=O)c1ccc2c(c1)OCO2. The summed E-state index contributed by atoms with van der Waals surface area (Å²) in [5, 5.41) is 2.89. The summed E-state index contributed by atoms with van der Waals surface area (Å²) in [6, 6.07) is 18.2. The number of hydrogen-bond donors (Lipinski definition) is 1. The molecule has 0 bridgehead atoms. The summed E-state index contributed by atoms with van der Waals surface area (Å²) in [5.41, 5.74) is 1.67. The summed E-state index contributed by atoms with van der Waals surface area (Å²) >= 11 is 0. The number of aromatic nitrogens is 1. The second kappa shape index (κ2) is 7.60. The van der Waals surface area contributed by atoms with Crippen LogP contribution in [-0.4, -0.2) is 17.3 Å². The molecule has 1 aliphatic rings. The average molecular weight is 376 g/mol. The number of pyridine rings is 1. The fraction of sp³-hybridized carbons (Fsp3) is 0.182. The Morgan fingerprint density at radius 2 is 1.86 bits per heavy atom. The molecule has 6 heteroatoms. The highest BCUT2D eigenvalue weighted by atomic mass is 16.7.